The van der Waals surface area contributed by atoms with Gasteiger partial charge in [-0.2, -0.15) is 13.2 Å². The van der Waals surface area contributed by atoms with Crippen LogP contribution >= 0.6 is 0 Å². The van der Waals surface area contributed by atoms with Gasteiger partial charge in [0.25, 0.3) is 6.10 Å². The van der Waals surface area contributed by atoms with Crippen LogP contribution in [0.2, 0.25) is 0 Å². The molecule has 0 radical (unpaired) electrons. The van der Waals surface area contributed by atoms with E-state index in [1.807, 2.05) is 6.92 Å². The summed E-state index contributed by atoms with van der Waals surface area (Å²) in [6.45, 7) is 1.96. The Morgan fingerprint density at radius 2 is 1.40 bits per heavy atom. The average Bonchev–Trinajstić information content (AvgIpc) is 3.05. The van der Waals surface area contributed by atoms with E-state index in [1.165, 1.54) is 41.3 Å². The minimum absolute atomic E-state index is 0.0604. The number of alkyl halides is 3. The number of rotatable bonds is 18. The third kappa shape index (κ3) is 12.5. The molecule has 15 heteroatoms. The fourth-order valence-electron chi connectivity index (χ4n) is 4.87. The van der Waals surface area contributed by atoms with Gasteiger partial charge in [-0.1, -0.05) is 68.3 Å². The number of hydrogen-bond donors (Lipinski definition) is 5. The Morgan fingerprint density at radius 3 is 1.98 bits per heavy atom. The topological polar surface area (TPSA) is 183 Å². The van der Waals surface area contributed by atoms with Crippen molar-refractivity contribution in [2.45, 2.75) is 70.4 Å². The first-order valence-corrected chi connectivity index (χ1v) is 15.7. The van der Waals surface area contributed by atoms with Gasteiger partial charge in [-0.3, -0.25) is 9.59 Å². The van der Waals surface area contributed by atoms with E-state index in [0.29, 0.717) is 29.7 Å². The summed E-state index contributed by atoms with van der Waals surface area (Å²) in [7, 11) is 0. The number of carboxylic acids is 3. The van der Waals surface area contributed by atoms with Crippen molar-refractivity contribution in [1.29, 1.82) is 0 Å². The molecular formula is C35H38F3N3O9. The first-order chi connectivity index (χ1) is 23.7. The van der Waals surface area contributed by atoms with Crippen LogP contribution in [0.25, 0.3) is 0 Å². The third-order valence-corrected chi connectivity index (χ3v) is 7.43. The summed E-state index contributed by atoms with van der Waals surface area (Å²) in [6.07, 6.45) is -4.61. The van der Waals surface area contributed by atoms with Crippen LogP contribution < -0.4 is 15.4 Å². The molecule has 0 aliphatic carbocycles. The highest BCUT2D eigenvalue weighted by Crippen LogP contribution is 2.30. The molecule has 268 valence electrons. The van der Waals surface area contributed by atoms with Gasteiger partial charge in [0.1, 0.15) is 11.8 Å². The van der Waals surface area contributed by atoms with Crippen molar-refractivity contribution in [3.05, 3.63) is 101 Å². The largest absolute Gasteiger partial charge is 0.481 e. The molecule has 1 atom stereocenters. The maximum atomic E-state index is 13.8. The van der Waals surface area contributed by atoms with Gasteiger partial charge in [0, 0.05) is 26.1 Å². The van der Waals surface area contributed by atoms with Crippen molar-refractivity contribution in [2.75, 3.05) is 6.54 Å². The molecule has 12 nitrogen and oxygen atoms in total. The summed E-state index contributed by atoms with van der Waals surface area (Å²) in [6, 6.07) is 14.5. The molecule has 3 amide bonds. The molecule has 0 bridgehead atoms. The molecule has 0 spiro atoms. The van der Waals surface area contributed by atoms with Gasteiger partial charge in [0.05, 0.1) is 12.0 Å². The summed E-state index contributed by atoms with van der Waals surface area (Å²) in [4.78, 5) is 61.9. The first-order valence-electron chi connectivity index (χ1n) is 15.7. The molecule has 50 heavy (non-hydrogen) atoms. The number of nitrogens with one attached hydrogen (secondary N) is 2. The highest BCUT2D eigenvalue weighted by molar-refractivity contribution is 5.96. The maximum absolute atomic E-state index is 13.8. The van der Waals surface area contributed by atoms with Gasteiger partial charge in [-0.15, -0.1) is 0 Å². The quantitative estimate of drug-likeness (QED) is 0.0912. The molecule has 0 aromatic heterocycles. The Labute approximate surface area is 285 Å². The highest BCUT2D eigenvalue weighted by Gasteiger charge is 2.31. The van der Waals surface area contributed by atoms with E-state index in [4.69, 9.17) is 20.1 Å². The summed E-state index contributed by atoms with van der Waals surface area (Å²) < 4.78 is 45.5. The number of hydrogen-bond acceptors (Lipinski definition) is 6. The number of benzene rings is 3. The SMILES string of the molecule is CCCCCNC(=O)[C@H](Cc1ccc(OC(C(=O)O)C(=O)O)cc1)NC(=O)N(Cc1ccc(CC(=O)O)cc1)Cc1cccc(C(F)(F)F)c1. The number of halogens is 3. The van der Waals surface area contributed by atoms with Crippen LogP contribution in [-0.2, 0) is 51.3 Å². The Morgan fingerprint density at radius 1 is 0.800 bits per heavy atom. The Balaban J connectivity index is 1.89. The van der Waals surface area contributed by atoms with Crippen molar-refractivity contribution in [1.82, 2.24) is 15.5 Å². The number of urea groups is 1. The summed E-state index contributed by atoms with van der Waals surface area (Å²) in [5.41, 5.74) is 0.830. The smallest absolute Gasteiger partial charge is 0.416 e. The lowest BCUT2D eigenvalue weighted by Crippen LogP contribution is -2.52. The van der Waals surface area contributed by atoms with Gasteiger partial charge >= 0.3 is 30.1 Å². The number of amides is 3. The van der Waals surface area contributed by atoms with Crippen LogP contribution in [0, 0.1) is 0 Å². The van der Waals surface area contributed by atoms with Crippen LogP contribution in [-0.4, -0.2) is 68.8 Å². The zero-order chi connectivity index (χ0) is 36.8. The van der Waals surface area contributed by atoms with Crippen molar-refractivity contribution < 1.29 is 57.2 Å². The van der Waals surface area contributed by atoms with Crippen LogP contribution in [0.4, 0.5) is 18.0 Å². The Kier molecular flexibility index (Phi) is 14.2. The number of carbonyl (C=O) groups excluding carboxylic acids is 2. The second-order valence-corrected chi connectivity index (χ2v) is 11.5. The van der Waals surface area contributed by atoms with Gasteiger partial charge in [0.2, 0.25) is 5.91 Å². The van der Waals surface area contributed by atoms with Crippen LogP contribution in [0.15, 0.2) is 72.8 Å². The first kappa shape index (κ1) is 38.8. The third-order valence-electron chi connectivity index (χ3n) is 7.43. The zero-order valence-corrected chi connectivity index (χ0v) is 27.1. The van der Waals surface area contributed by atoms with Gasteiger partial charge in [-0.25, -0.2) is 14.4 Å². The molecule has 0 fully saturated rings. The molecule has 0 saturated heterocycles. The number of carbonyl (C=O) groups is 5. The molecule has 0 heterocycles. The van der Waals surface area contributed by atoms with E-state index in [0.717, 1.165) is 25.0 Å². The fourth-order valence-corrected chi connectivity index (χ4v) is 4.87. The van der Waals surface area contributed by atoms with Crippen molar-refractivity contribution >= 4 is 29.8 Å². The fraction of sp³-hybridized carbons (Fsp3) is 0.343. The van der Waals surface area contributed by atoms with Crippen molar-refractivity contribution in [3.63, 3.8) is 0 Å². The maximum Gasteiger partial charge on any atom is 0.416 e. The molecule has 0 unspecified atom stereocenters. The molecule has 0 saturated carbocycles. The van der Waals surface area contributed by atoms with Gasteiger partial charge in [-0.05, 0) is 52.9 Å². The Hall–Kier alpha value is -5.60. The standard InChI is InChI=1S/C35H38F3N3O9/c1-2-3-4-16-39-31(44)28(18-22-12-14-27(15-13-22)50-30(32(45)46)33(47)48)40-34(49)41(20-24-10-8-23(9-11-24)19-29(42)43)21-25-6-5-7-26(17-25)35(36,37)38/h5-15,17,28,30H,2-4,16,18-21H2,1H3,(H,39,44)(H,40,49)(H,42,43)(H,45,46)(H,47,48)/t28-/m0/s1. The van der Waals surface area contributed by atoms with Crippen LogP contribution in [0.3, 0.4) is 0 Å². The number of unbranched alkanes of at least 4 members (excludes halogenated alkanes) is 2. The van der Waals surface area contributed by atoms with E-state index < -0.39 is 53.7 Å². The van der Waals surface area contributed by atoms with Gasteiger partial charge < -0.3 is 35.6 Å². The molecule has 3 rings (SSSR count). The second-order valence-electron chi connectivity index (χ2n) is 11.5. The highest BCUT2D eigenvalue weighted by atomic mass is 19.4. The van der Waals surface area contributed by atoms with E-state index in [-0.39, 0.29) is 37.2 Å². The molecule has 5 N–H and O–H groups in total. The Bertz CT molecular complexity index is 1620. The van der Waals surface area contributed by atoms with E-state index in [9.17, 15) is 37.1 Å². The number of aliphatic carboxylic acids is 3. The summed E-state index contributed by atoms with van der Waals surface area (Å²) in [5.74, 6) is -5.02. The van der Waals surface area contributed by atoms with E-state index >= 15 is 0 Å². The molecular weight excluding hydrogens is 663 g/mol. The predicted octanol–water partition coefficient (Wildman–Crippen LogP) is 4.88. The van der Waals surface area contributed by atoms with Crippen molar-refractivity contribution in [3.8, 4) is 5.75 Å². The zero-order valence-electron chi connectivity index (χ0n) is 27.1. The van der Waals surface area contributed by atoms with Gasteiger partial charge in [0.15, 0.2) is 0 Å². The molecule has 3 aromatic rings. The van der Waals surface area contributed by atoms with E-state index in [1.54, 1.807) is 24.3 Å². The lowest BCUT2D eigenvalue weighted by Gasteiger charge is -2.27. The molecule has 0 aliphatic rings. The monoisotopic (exact) mass is 701 g/mol. The average molecular weight is 702 g/mol. The summed E-state index contributed by atoms with van der Waals surface area (Å²) >= 11 is 0. The lowest BCUT2D eigenvalue weighted by molar-refractivity contribution is -0.159. The lowest BCUT2D eigenvalue weighted by atomic mass is 10.0. The predicted molar refractivity (Wildman–Crippen MR) is 173 cm³/mol. The minimum atomic E-state index is -4.62. The van der Waals surface area contributed by atoms with E-state index in [2.05, 4.69) is 10.6 Å². The second kappa shape index (κ2) is 18.2. The number of carboxylic acid groups (broad SMARTS) is 3. The minimum Gasteiger partial charge on any atom is -0.481 e. The van der Waals surface area contributed by atoms with Crippen molar-refractivity contribution in [2.24, 2.45) is 0 Å². The van der Waals surface area contributed by atoms with Crippen LogP contribution in [0.1, 0.15) is 54.0 Å². The normalized spacial score (nSPS) is 11.8. The van der Waals surface area contributed by atoms with Crippen LogP contribution in [0.5, 0.6) is 5.75 Å². The molecule has 3 aromatic carbocycles. The molecule has 0 aliphatic heterocycles. The summed E-state index contributed by atoms with van der Waals surface area (Å²) in [5, 5.41) is 32.7. The number of ether oxygens (including phenoxy) is 1. The number of nitrogens with zero attached hydrogens (tertiary/aromatic N) is 1.